The average molecular weight is 376 g/mol. The van der Waals surface area contributed by atoms with Crippen LogP contribution in [0.5, 0.6) is 0 Å². The highest BCUT2D eigenvalue weighted by Crippen LogP contribution is 2.67. The van der Waals surface area contributed by atoms with Gasteiger partial charge in [0, 0.05) is 28.8 Å². The van der Waals surface area contributed by atoms with E-state index in [1.807, 2.05) is 31.2 Å². The molecular formula is C24H29N3O. The number of aryl methyl sites for hydroxylation is 2. The van der Waals surface area contributed by atoms with E-state index in [-0.39, 0.29) is 11.4 Å². The monoisotopic (exact) mass is 375 g/mol. The lowest BCUT2D eigenvalue weighted by molar-refractivity contribution is 0.251. The van der Waals surface area contributed by atoms with Crippen LogP contribution >= 0.6 is 0 Å². The molecule has 1 heterocycles. The van der Waals surface area contributed by atoms with E-state index in [0.717, 1.165) is 12.1 Å². The molecule has 2 amide bonds. The van der Waals surface area contributed by atoms with Gasteiger partial charge >= 0.3 is 6.03 Å². The van der Waals surface area contributed by atoms with E-state index in [0.29, 0.717) is 18.4 Å². The Morgan fingerprint density at radius 2 is 1.79 bits per heavy atom. The minimum Gasteiger partial charge on any atom is -0.358 e. The summed E-state index contributed by atoms with van der Waals surface area (Å²) in [5.41, 5.74) is 6.20. The van der Waals surface area contributed by atoms with Crippen LogP contribution in [0.2, 0.25) is 0 Å². The molecule has 0 aliphatic heterocycles. The summed E-state index contributed by atoms with van der Waals surface area (Å²) >= 11 is 0. The first-order chi connectivity index (χ1) is 13.4. The lowest BCUT2D eigenvalue weighted by Gasteiger charge is -2.08. The van der Waals surface area contributed by atoms with Gasteiger partial charge in [0.15, 0.2) is 0 Å². The SMILES string of the molecule is Cc1ccc(NC(=O)NCC[C@@H]2[C@@H](c3c(C)[nH]c4ccccc34)C2(C)C)cc1. The second kappa shape index (κ2) is 7.01. The molecule has 2 aromatic carbocycles. The molecule has 1 aromatic heterocycles. The largest absolute Gasteiger partial charge is 0.358 e. The van der Waals surface area contributed by atoms with Crippen LogP contribution in [-0.2, 0) is 0 Å². The summed E-state index contributed by atoms with van der Waals surface area (Å²) in [5.74, 6) is 1.11. The molecule has 0 saturated heterocycles. The summed E-state index contributed by atoms with van der Waals surface area (Å²) in [6.45, 7) is 9.58. The first kappa shape index (κ1) is 18.6. The van der Waals surface area contributed by atoms with E-state index in [9.17, 15) is 4.79 Å². The van der Waals surface area contributed by atoms with E-state index >= 15 is 0 Å². The van der Waals surface area contributed by atoms with E-state index in [2.05, 4.69) is 60.7 Å². The molecule has 1 aliphatic rings. The van der Waals surface area contributed by atoms with Crippen LogP contribution in [0.25, 0.3) is 10.9 Å². The molecule has 1 fully saturated rings. The molecule has 0 spiro atoms. The molecule has 146 valence electrons. The molecule has 3 N–H and O–H groups in total. The fraction of sp³-hybridized carbons (Fsp3) is 0.375. The summed E-state index contributed by atoms with van der Waals surface area (Å²) in [7, 11) is 0. The summed E-state index contributed by atoms with van der Waals surface area (Å²) in [6.07, 6.45) is 0.984. The Labute approximate surface area is 166 Å². The molecule has 0 unspecified atom stereocenters. The standard InChI is InChI=1S/C24H29N3O/c1-15-9-11-17(12-10-15)27-23(28)25-14-13-19-22(24(19,3)4)21-16(2)26-20-8-6-5-7-18(20)21/h5-12,19,22,26H,13-14H2,1-4H3,(H2,25,27,28)/t19-,22+/m1/s1. The van der Waals surface area contributed by atoms with Gasteiger partial charge in [-0.15, -0.1) is 0 Å². The van der Waals surface area contributed by atoms with Crippen molar-refractivity contribution in [2.75, 3.05) is 11.9 Å². The maximum absolute atomic E-state index is 12.2. The summed E-state index contributed by atoms with van der Waals surface area (Å²) in [5, 5.41) is 7.25. The number of nitrogens with one attached hydrogen (secondary N) is 3. The van der Waals surface area contributed by atoms with Crippen LogP contribution < -0.4 is 10.6 Å². The number of aromatic amines is 1. The number of urea groups is 1. The van der Waals surface area contributed by atoms with Gasteiger partial charge in [0.2, 0.25) is 0 Å². The smallest absolute Gasteiger partial charge is 0.319 e. The van der Waals surface area contributed by atoms with Crippen molar-refractivity contribution in [1.82, 2.24) is 10.3 Å². The summed E-state index contributed by atoms with van der Waals surface area (Å²) in [4.78, 5) is 15.7. The Kier molecular flexibility index (Phi) is 4.66. The fourth-order valence-electron chi connectivity index (χ4n) is 4.71. The number of rotatable bonds is 5. The van der Waals surface area contributed by atoms with Crippen LogP contribution in [0.4, 0.5) is 10.5 Å². The number of amides is 2. The number of para-hydroxylation sites is 1. The van der Waals surface area contributed by atoms with Crippen LogP contribution in [0.1, 0.15) is 43.0 Å². The van der Waals surface area contributed by atoms with Gasteiger partial charge in [-0.25, -0.2) is 4.79 Å². The third kappa shape index (κ3) is 3.39. The summed E-state index contributed by atoms with van der Waals surface area (Å²) < 4.78 is 0. The average Bonchev–Trinajstić information content (AvgIpc) is 3.02. The van der Waals surface area contributed by atoms with Gasteiger partial charge in [0.25, 0.3) is 0 Å². The van der Waals surface area contributed by atoms with Crippen molar-refractivity contribution in [3.05, 3.63) is 65.4 Å². The zero-order valence-electron chi connectivity index (χ0n) is 17.1. The van der Waals surface area contributed by atoms with E-state index in [1.54, 1.807) is 0 Å². The molecule has 1 aliphatic carbocycles. The molecular weight excluding hydrogens is 346 g/mol. The van der Waals surface area contributed by atoms with E-state index in [4.69, 9.17) is 0 Å². The first-order valence-corrected chi connectivity index (χ1v) is 10.1. The van der Waals surface area contributed by atoms with Crippen LogP contribution in [0.3, 0.4) is 0 Å². The zero-order chi connectivity index (χ0) is 19.9. The van der Waals surface area contributed by atoms with Crippen molar-refractivity contribution in [3.63, 3.8) is 0 Å². The predicted octanol–water partition coefficient (Wildman–Crippen LogP) is 5.74. The van der Waals surface area contributed by atoms with Gasteiger partial charge in [-0.3, -0.25) is 0 Å². The Balaban J connectivity index is 1.37. The third-order valence-corrected chi connectivity index (χ3v) is 6.36. The van der Waals surface area contributed by atoms with Gasteiger partial charge < -0.3 is 15.6 Å². The number of hydrogen-bond acceptors (Lipinski definition) is 1. The number of hydrogen-bond donors (Lipinski definition) is 3. The van der Waals surface area contributed by atoms with Crippen molar-refractivity contribution in [2.45, 2.75) is 40.0 Å². The molecule has 28 heavy (non-hydrogen) atoms. The number of carbonyl (C=O) groups excluding carboxylic acids is 1. The van der Waals surface area contributed by atoms with Gasteiger partial charge in [-0.05, 0) is 61.3 Å². The lowest BCUT2D eigenvalue weighted by atomic mass is 10.0. The van der Waals surface area contributed by atoms with Crippen LogP contribution in [0.15, 0.2) is 48.5 Å². The highest BCUT2D eigenvalue weighted by molar-refractivity contribution is 5.89. The minimum atomic E-state index is -0.137. The number of carbonyl (C=O) groups is 1. The molecule has 3 aromatic rings. The van der Waals surface area contributed by atoms with Gasteiger partial charge in [0.05, 0.1) is 0 Å². The predicted molar refractivity (Wildman–Crippen MR) is 116 cm³/mol. The number of fused-ring (bicyclic) bond motifs is 1. The maximum Gasteiger partial charge on any atom is 0.319 e. The Bertz CT molecular complexity index is 1000. The number of H-pyrrole nitrogens is 1. The van der Waals surface area contributed by atoms with Crippen LogP contribution in [0, 0.1) is 25.2 Å². The molecule has 1 saturated carbocycles. The zero-order valence-corrected chi connectivity index (χ0v) is 17.1. The Hall–Kier alpha value is -2.75. The Morgan fingerprint density at radius 3 is 2.54 bits per heavy atom. The number of benzene rings is 2. The maximum atomic E-state index is 12.2. The van der Waals surface area contributed by atoms with E-state index < -0.39 is 0 Å². The first-order valence-electron chi connectivity index (χ1n) is 10.1. The third-order valence-electron chi connectivity index (χ3n) is 6.36. The van der Waals surface area contributed by atoms with E-state index in [1.165, 1.54) is 27.7 Å². The number of anilines is 1. The van der Waals surface area contributed by atoms with Crippen LogP contribution in [-0.4, -0.2) is 17.6 Å². The molecule has 4 nitrogen and oxygen atoms in total. The van der Waals surface area contributed by atoms with Crippen molar-refractivity contribution < 1.29 is 4.79 Å². The molecule has 0 bridgehead atoms. The van der Waals surface area contributed by atoms with Gasteiger partial charge in [0.1, 0.15) is 0 Å². The Morgan fingerprint density at radius 1 is 1.07 bits per heavy atom. The topological polar surface area (TPSA) is 56.9 Å². The molecule has 2 atom stereocenters. The molecule has 4 rings (SSSR count). The highest BCUT2D eigenvalue weighted by atomic mass is 16.2. The van der Waals surface area contributed by atoms with Crippen molar-refractivity contribution >= 4 is 22.6 Å². The van der Waals surface area contributed by atoms with Crippen molar-refractivity contribution in [3.8, 4) is 0 Å². The minimum absolute atomic E-state index is 0.137. The van der Waals surface area contributed by atoms with Crippen molar-refractivity contribution in [2.24, 2.45) is 11.3 Å². The molecule has 0 radical (unpaired) electrons. The fourth-order valence-corrected chi connectivity index (χ4v) is 4.71. The summed E-state index contributed by atoms with van der Waals surface area (Å²) in [6, 6.07) is 16.3. The lowest BCUT2D eigenvalue weighted by Crippen LogP contribution is -2.29. The van der Waals surface area contributed by atoms with Crippen molar-refractivity contribution in [1.29, 1.82) is 0 Å². The van der Waals surface area contributed by atoms with Gasteiger partial charge in [-0.1, -0.05) is 49.7 Å². The quantitative estimate of drug-likeness (QED) is 0.523. The second-order valence-electron chi connectivity index (χ2n) is 8.65. The second-order valence-corrected chi connectivity index (χ2v) is 8.65. The molecule has 4 heteroatoms. The van der Waals surface area contributed by atoms with Gasteiger partial charge in [-0.2, -0.15) is 0 Å². The normalized spacial score (nSPS) is 20.1. The number of aromatic nitrogens is 1. The highest BCUT2D eigenvalue weighted by Gasteiger charge is 2.58.